The average Bonchev–Trinajstić information content (AvgIpc) is 2.94. The minimum absolute atomic E-state index is 0.227. The van der Waals surface area contributed by atoms with Gasteiger partial charge in [-0.05, 0) is 35.8 Å². The first kappa shape index (κ1) is 13.3. The fourth-order valence-corrected chi connectivity index (χ4v) is 2.39. The molecule has 0 unspecified atom stereocenters. The predicted octanol–water partition coefficient (Wildman–Crippen LogP) is 1.70. The van der Waals surface area contributed by atoms with Crippen molar-refractivity contribution in [3.8, 4) is 0 Å². The summed E-state index contributed by atoms with van der Waals surface area (Å²) in [6.07, 6.45) is 1.76. The number of hydrogen-bond donors (Lipinski definition) is 3. The van der Waals surface area contributed by atoms with E-state index in [1.807, 2.05) is 18.2 Å². The van der Waals surface area contributed by atoms with Crippen LogP contribution in [0.4, 0.5) is 10.5 Å². The van der Waals surface area contributed by atoms with Gasteiger partial charge in [0.1, 0.15) is 0 Å². The van der Waals surface area contributed by atoms with E-state index in [1.54, 1.807) is 12.3 Å². The number of aromatic amines is 1. The molecule has 2 aromatic heterocycles. The van der Waals surface area contributed by atoms with E-state index >= 15 is 0 Å². The van der Waals surface area contributed by atoms with Gasteiger partial charge >= 0.3 is 6.03 Å². The maximum atomic E-state index is 11.8. The molecule has 8 heteroatoms. The molecule has 0 fully saturated rings. The van der Waals surface area contributed by atoms with Crippen LogP contribution in [0.1, 0.15) is 5.69 Å². The van der Waals surface area contributed by atoms with Crippen molar-refractivity contribution in [2.75, 3.05) is 5.32 Å². The number of aromatic nitrogens is 3. The molecule has 0 radical (unpaired) electrons. The van der Waals surface area contributed by atoms with Crippen LogP contribution in [0.25, 0.3) is 10.1 Å². The van der Waals surface area contributed by atoms with Crippen LogP contribution in [0.2, 0.25) is 0 Å². The molecule has 3 aromatic rings. The normalized spacial score (nSPS) is 10.5. The molecule has 0 aliphatic rings. The molecule has 2 amide bonds. The van der Waals surface area contributed by atoms with E-state index in [9.17, 15) is 9.59 Å². The van der Waals surface area contributed by atoms with E-state index in [-0.39, 0.29) is 18.1 Å². The van der Waals surface area contributed by atoms with Crippen LogP contribution in [0.3, 0.4) is 0 Å². The van der Waals surface area contributed by atoms with Gasteiger partial charge in [0.2, 0.25) is 0 Å². The van der Waals surface area contributed by atoms with Crippen LogP contribution < -0.4 is 16.2 Å². The Morgan fingerprint density at radius 1 is 1.29 bits per heavy atom. The zero-order chi connectivity index (χ0) is 14.7. The van der Waals surface area contributed by atoms with E-state index in [2.05, 4.69) is 25.2 Å². The highest BCUT2D eigenvalue weighted by Gasteiger charge is 2.04. The fraction of sp³-hybridized carbons (Fsp3) is 0.0769. The Hall–Kier alpha value is -2.74. The lowest BCUT2D eigenvalue weighted by molar-refractivity contribution is 0.251. The lowest BCUT2D eigenvalue weighted by atomic mass is 10.2. The maximum absolute atomic E-state index is 11.8. The van der Waals surface area contributed by atoms with E-state index in [0.29, 0.717) is 11.4 Å². The Labute approximate surface area is 123 Å². The summed E-state index contributed by atoms with van der Waals surface area (Å²) in [7, 11) is 0. The van der Waals surface area contributed by atoms with Gasteiger partial charge in [0.15, 0.2) is 0 Å². The summed E-state index contributed by atoms with van der Waals surface area (Å²) < 4.78 is 5.15. The van der Waals surface area contributed by atoms with Crippen LogP contribution in [-0.2, 0) is 6.54 Å². The molecule has 0 bridgehead atoms. The Bertz CT molecular complexity index is 821. The number of rotatable bonds is 3. The number of carbonyl (C=O) groups excluding carboxylic acids is 1. The fourth-order valence-electron chi connectivity index (χ4n) is 1.77. The molecule has 1 aromatic carbocycles. The highest BCUT2D eigenvalue weighted by Crippen LogP contribution is 2.21. The third-order valence-electron chi connectivity index (χ3n) is 2.78. The minimum Gasteiger partial charge on any atom is -0.332 e. The second-order valence-corrected chi connectivity index (χ2v) is 5.13. The Morgan fingerprint density at radius 2 is 2.19 bits per heavy atom. The standard InChI is InChI=1S/C13H11N5O2S/c19-12-4-2-10(17-18-12)7-14-13(20)16-9-1-3-11-8(5-9)6-15-21-11/h1-6H,7H2,(H,18,19)(H2,14,16,20). The molecule has 0 aliphatic carbocycles. The van der Waals surface area contributed by atoms with Gasteiger partial charge < -0.3 is 10.6 Å². The zero-order valence-corrected chi connectivity index (χ0v) is 11.6. The van der Waals surface area contributed by atoms with Crippen LogP contribution >= 0.6 is 11.5 Å². The quantitative estimate of drug-likeness (QED) is 0.685. The number of anilines is 1. The van der Waals surface area contributed by atoms with Crippen LogP contribution in [-0.4, -0.2) is 20.6 Å². The third kappa shape index (κ3) is 3.23. The van der Waals surface area contributed by atoms with Gasteiger partial charge in [-0.3, -0.25) is 4.79 Å². The Morgan fingerprint density at radius 3 is 3.00 bits per heavy atom. The minimum atomic E-state index is -0.342. The number of carbonyl (C=O) groups is 1. The average molecular weight is 301 g/mol. The van der Waals surface area contributed by atoms with Gasteiger partial charge in [0.25, 0.3) is 5.56 Å². The number of benzene rings is 1. The van der Waals surface area contributed by atoms with Crippen molar-refractivity contribution in [1.82, 2.24) is 19.9 Å². The topological polar surface area (TPSA) is 99.8 Å². The van der Waals surface area contributed by atoms with E-state index < -0.39 is 0 Å². The molecular weight excluding hydrogens is 290 g/mol. The zero-order valence-electron chi connectivity index (χ0n) is 10.8. The van der Waals surface area contributed by atoms with Gasteiger partial charge in [0, 0.05) is 23.3 Å². The molecule has 0 spiro atoms. The van der Waals surface area contributed by atoms with Gasteiger partial charge in [0.05, 0.1) is 16.9 Å². The van der Waals surface area contributed by atoms with Crippen LogP contribution in [0.5, 0.6) is 0 Å². The molecule has 21 heavy (non-hydrogen) atoms. The first-order valence-corrected chi connectivity index (χ1v) is 6.92. The molecule has 0 saturated heterocycles. The van der Waals surface area contributed by atoms with Crippen molar-refractivity contribution < 1.29 is 4.79 Å². The highest BCUT2D eigenvalue weighted by molar-refractivity contribution is 7.13. The van der Waals surface area contributed by atoms with Crippen LogP contribution in [0.15, 0.2) is 41.3 Å². The number of amides is 2. The van der Waals surface area contributed by atoms with E-state index in [4.69, 9.17) is 0 Å². The van der Waals surface area contributed by atoms with Crippen molar-refractivity contribution in [2.24, 2.45) is 0 Å². The van der Waals surface area contributed by atoms with E-state index in [0.717, 1.165) is 10.1 Å². The van der Waals surface area contributed by atoms with Crippen molar-refractivity contribution in [3.05, 3.63) is 52.6 Å². The summed E-state index contributed by atoms with van der Waals surface area (Å²) in [5.41, 5.74) is 0.984. The van der Waals surface area contributed by atoms with Gasteiger partial charge in [-0.2, -0.15) is 9.47 Å². The van der Waals surface area contributed by atoms with E-state index in [1.165, 1.54) is 17.6 Å². The van der Waals surface area contributed by atoms with Gasteiger partial charge in [-0.15, -0.1) is 0 Å². The molecule has 0 aliphatic heterocycles. The largest absolute Gasteiger partial charge is 0.332 e. The molecule has 0 saturated carbocycles. The molecule has 7 nitrogen and oxygen atoms in total. The maximum Gasteiger partial charge on any atom is 0.319 e. The molecule has 2 heterocycles. The summed E-state index contributed by atoms with van der Waals surface area (Å²) >= 11 is 1.41. The number of urea groups is 1. The van der Waals surface area contributed by atoms with Crippen molar-refractivity contribution in [3.63, 3.8) is 0 Å². The van der Waals surface area contributed by atoms with Crippen molar-refractivity contribution in [2.45, 2.75) is 6.54 Å². The summed E-state index contributed by atoms with van der Waals surface area (Å²) in [5.74, 6) is 0. The van der Waals surface area contributed by atoms with Crippen LogP contribution in [0, 0.1) is 0 Å². The number of nitrogens with zero attached hydrogens (tertiary/aromatic N) is 2. The Balaban J connectivity index is 1.60. The SMILES string of the molecule is O=C(NCc1ccc(=O)[nH]n1)Nc1ccc2sncc2c1. The number of H-pyrrole nitrogens is 1. The summed E-state index contributed by atoms with van der Waals surface area (Å²) in [6.45, 7) is 0.227. The second kappa shape index (κ2) is 5.71. The summed E-state index contributed by atoms with van der Waals surface area (Å²) in [6, 6.07) is 8.16. The lowest BCUT2D eigenvalue weighted by Crippen LogP contribution is -2.28. The van der Waals surface area contributed by atoms with Crippen molar-refractivity contribution >= 4 is 33.3 Å². The molecule has 106 valence electrons. The molecular formula is C13H11N5O2S. The monoisotopic (exact) mass is 301 g/mol. The number of nitrogens with one attached hydrogen (secondary N) is 3. The van der Waals surface area contributed by atoms with Gasteiger partial charge in [-0.1, -0.05) is 0 Å². The second-order valence-electron chi connectivity index (χ2n) is 4.30. The Kier molecular flexibility index (Phi) is 3.61. The smallest absolute Gasteiger partial charge is 0.319 e. The summed E-state index contributed by atoms with van der Waals surface area (Å²) in [5, 5.41) is 12.5. The number of hydrogen-bond acceptors (Lipinski definition) is 5. The highest BCUT2D eigenvalue weighted by atomic mass is 32.1. The number of fused-ring (bicyclic) bond motifs is 1. The summed E-state index contributed by atoms with van der Waals surface area (Å²) in [4.78, 5) is 22.7. The molecule has 0 atom stereocenters. The first-order valence-electron chi connectivity index (χ1n) is 6.14. The first-order chi connectivity index (χ1) is 10.2. The molecule has 3 N–H and O–H groups in total. The van der Waals surface area contributed by atoms with Gasteiger partial charge in [-0.25, -0.2) is 9.89 Å². The third-order valence-corrected chi connectivity index (χ3v) is 3.56. The van der Waals surface area contributed by atoms with Crippen molar-refractivity contribution in [1.29, 1.82) is 0 Å². The molecule has 3 rings (SSSR count). The predicted molar refractivity (Wildman–Crippen MR) is 80.3 cm³/mol. The lowest BCUT2D eigenvalue weighted by Gasteiger charge is -2.07.